The second-order valence-corrected chi connectivity index (χ2v) is 9.30. The monoisotopic (exact) mass is 462 g/mol. The van der Waals surface area contributed by atoms with E-state index in [1.54, 1.807) is 7.11 Å². The molecular weight excluding hydrogens is 432 g/mol. The second kappa shape index (κ2) is 10.7. The van der Waals surface area contributed by atoms with Crippen LogP contribution in [0.3, 0.4) is 0 Å². The zero-order chi connectivity index (χ0) is 23.2. The van der Waals surface area contributed by atoms with E-state index in [2.05, 4.69) is 12.1 Å². The van der Waals surface area contributed by atoms with E-state index in [-0.39, 0.29) is 17.9 Å². The summed E-state index contributed by atoms with van der Waals surface area (Å²) in [5.74, 6) is 0.991. The molecule has 6 heteroatoms. The Labute approximate surface area is 199 Å². The summed E-state index contributed by atoms with van der Waals surface area (Å²) in [6, 6.07) is 19.7. The third-order valence-electron chi connectivity index (χ3n) is 6.58. The highest BCUT2D eigenvalue weighted by molar-refractivity contribution is 7.08. The number of nitrogens with zero attached hydrogens (tertiary/aromatic N) is 2. The van der Waals surface area contributed by atoms with E-state index in [1.165, 1.54) is 16.9 Å². The van der Waals surface area contributed by atoms with E-state index in [9.17, 15) is 9.59 Å². The van der Waals surface area contributed by atoms with Crippen LogP contribution in [0.5, 0.6) is 5.75 Å². The number of para-hydroxylation sites is 1. The van der Waals surface area contributed by atoms with Gasteiger partial charge in [0.15, 0.2) is 0 Å². The van der Waals surface area contributed by atoms with Crippen LogP contribution < -0.4 is 4.74 Å². The van der Waals surface area contributed by atoms with Crippen molar-refractivity contribution in [2.24, 2.45) is 5.92 Å². The van der Waals surface area contributed by atoms with Gasteiger partial charge in [-0.1, -0.05) is 42.5 Å². The lowest BCUT2D eigenvalue weighted by Gasteiger charge is -2.40. The fraction of sp³-hybridized carbons (Fsp3) is 0.333. The van der Waals surface area contributed by atoms with E-state index < -0.39 is 0 Å². The fourth-order valence-electron chi connectivity index (χ4n) is 4.69. The van der Waals surface area contributed by atoms with E-state index in [1.807, 2.05) is 76.1 Å². The molecule has 1 atom stereocenters. The third-order valence-corrected chi connectivity index (χ3v) is 7.27. The van der Waals surface area contributed by atoms with Crippen LogP contribution in [0, 0.1) is 5.92 Å². The van der Waals surface area contributed by atoms with Gasteiger partial charge in [0.25, 0.3) is 11.8 Å². The Morgan fingerprint density at radius 3 is 2.42 bits per heavy atom. The number of hydrogen-bond acceptors (Lipinski definition) is 4. The molecule has 1 aliphatic rings. The Morgan fingerprint density at radius 1 is 1.06 bits per heavy atom. The summed E-state index contributed by atoms with van der Waals surface area (Å²) in [4.78, 5) is 30.1. The van der Waals surface area contributed by atoms with E-state index in [0.717, 1.165) is 24.8 Å². The molecule has 33 heavy (non-hydrogen) atoms. The number of ether oxygens (including phenoxy) is 1. The molecule has 5 nitrogen and oxygen atoms in total. The number of carbonyl (C=O) groups is 2. The van der Waals surface area contributed by atoms with E-state index in [4.69, 9.17) is 4.74 Å². The molecule has 0 spiro atoms. The molecule has 0 N–H and O–H groups in total. The van der Waals surface area contributed by atoms with Gasteiger partial charge >= 0.3 is 0 Å². The van der Waals surface area contributed by atoms with Crippen molar-refractivity contribution >= 4 is 23.2 Å². The van der Waals surface area contributed by atoms with E-state index in [0.29, 0.717) is 30.3 Å². The van der Waals surface area contributed by atoms with Crippen LogP contribution in [0.15, 0.2) is 71.4 Å². The highest BCUT2D eigenvalue weighted by Gasteiger charge is 2.33. The summed E-state index contributed by atoms with van der Waals surface area (Å²) in [6.07, 6.45) is 2.53. The molecule has 3 aromatic rings. The normalized spacial score (nSPS) is 15.2. The number of carbonyl (C=O) groups excluding carboxylic acids is 2. The zero-order valence-corrected chi connectivity index (χ0v) is 20.0. The van der Waals surface area contributed by atoms with Crippen LogP contribution in [0.2, 0.25) is 0 Å². The van der Waals surface area contributed by atoms with Gasteiger partial charge in [-0.3, -0.25) is 9.59 Å². The van der Waals surface area contributed by atoms with Gasteiger partial charge in [-0.2, -0.15) is 11.3 Å². The van der Waals surface area contributed by atoms with Gasteiger partial charge in [0.1, 0.15) is 5.75 Å². The maximum Gasteiger partial charge on any atom is 0.257 e. The van der Waals surface area contributed by atoms with Crippen LogP contribution >= 0.6 is 11.3 Å². The average molecular weight is 463 g/mol. The SMILES string of the molecule is COc1ccccc1C(=O)N1CCC([C@H](Cc2ccccc2)N(C)C(=O)c2ccsc2)CC1. The number of piperidine rings is 1. The maximum absolute atomic E-state index is 13.2. The van der Waals surface area contributed by atoms with Crippen LogP contribution in [0.25, 0.3) is 0 Å². The average Bonchev–Trinajstić information content (AvgIpc) is 3.42. The molecule has 1 aliphatic heterocycles. The number of methoxy groups -OCH3 is 1. The van der Waals surface area contributed by atoms with Gasteiger partial charge in [-0.25, -0.2) is 0 Å². The molecule has 0 saturated carbocycles. The standard InChI is InChI=1S/C27H30N2O3S/c1-28(26(30)22-14-17-33-19-22)24(18-20-8-4-3-5-9-20)21-12-15-29(16-13-21)27(31)23-10-6-7-11-25(23)32-2/h3-11,14,17,19,21,24H,12-13,15-16,18H2,1-2H3/t24-/m0/s1. The van der Waals surface area contributed by atoms with Gasteiger partial charge < -0.3 is 14.5 Å². The number of rotatable bonds is 7. The molecule has 2 heterocycles. The fourth-order valence-corrected chi connectivity index (χ4v) is 5.32. The van der Waals surface area contributed by atoms with Crippen molar-refractivity contribution in [2.75, 3.05) is 27.2 Å². The van der Waals surface area contributed by atoms with Gasteiger partial charge in [-0.15, -0.1) is 0 Å². The van der Waals surface area contributed by atoms with Crippen LogP contribution in [-0.4, -0.2) is 54.9 Å². The largest absolute Gasteiger partial charge is 0.496 e. The number of likely N-dealkylation sites (tertiary alicyclic amines) is 1. The first kappa shape index (κ1) is 23.1. The quantitative estimate of drug-likeness (QED) is 0.497. The summed E-state index contributed by atoms with van der Waals surface area (Å²) >= 11 is 1.54. The first-order chi connectivity index (χ1) is 16.1. The minimum absolute atomic E-state index is 0.00761. The molecule has 1 aromatic heterocycles. The van der Waals surface area contributed by atoms with Crippen LogP contribution in [0.1, 0.15) is 39.1 Å². The van der Waals surface area contributed by atoms with Crippen molar-refractivity contribution in [2.45, 2.75) is 25.3 Å². The highest BCUT2D eigenvalue weighted by Crippen LogP contribution is 2.29. The summed E-state index contributed by atoms with van der Waals surface area (Å²) in [7, 11) is 3.51. The van der Waals surface area contributed by atoms with Crippen LogP contribution in [0.4, 0.5) is 0 Å². The Balaban J connectivity index is 1.49. The summed E-state index contributed by atoms with van der Waals surface area (Å²) < 4.78 is 5.39. The molecule has 172 valence electrons. The number of likely N-dealkylation sites (N-methyl/N-ethyl adjacent to an activating group) is 1. The van der Waals surface area contributed by atoms with Crippen molar-refractivity contribution in [1.29, 1.82) is 0 Å². The smallest absolute Gasteiger partial charge is 0.257 e. The summed E-state index contributed by atoms with van der Waals surface area (Å²) in [5, 5.41) is 3.85. The molecule has 4 rings (SSSR count). The number of benzene rings is 2. The minimum atomic E-state index is 0.00761. The molecule has 1 fully saturated rings. The summed E-state index contributed by atoms with van der Waals surface area (Å²) in [5.41, 5.74) is 2.56. The van der Waals surface area contributed by atoms with Gasteiger partial charge in [0, 0.05) is 31.6 Å². The summed E-state index contributed by atoms with van der Waals surface area (Å²) in [6.45, 7) is 1.35. The molecule has 0 radical (unpaired) electrons. The highest BCUT2D eigenvalue weighted by atomic mass is 32.1. The van der Waals surface area contributed by atoms with Crippen molar-refractivity contribution in [3.05, 3.63) is 88.1 Å². The molecule has 2 amide bonds. The Morgan fingerprint density at radius 2 is 1.76 bits per heavy atom. The Kier molecular flexibility index (Phi) is 7.45. The van der Waals surface area contributed by atoms with Crippen LogP contribution in [-0.2, 0) is 6.42 Å². The lowest BCUT2D eigenvalue weighted by Crippen LogP contribution is -2.48. The zero-order valence-electron chi connectivity index (χ0n) is 19.1. The molecular formula is C27H30N2O3S. The predicted molar refractivity (Wildman–Crippen MR) is 132 cm³/mol. The predicted octanol–water partition coefficient (Wildman–Crippen LogP) is 4.99. The van der Waals surface area contributed by atoms with Gasteiger partial charge in [0.05, 0.1) is 18.2 Å². The second-order valence-electron chi connectivity index (χ2n) is 8.52. The Hall–Kier alpha value is -3.12. The third kappa shape index (κ3) is 5.28. The molecule has 0 aliphatic carbocycles. The topological polar surface area (TPSA) is 49.9 Å². The maximum atomic E-state index is 13.2. The minimum Gasteiger partial charge on any atom is -0.496 e. The van der Waals surface area contributed by atoms with Crippen molar-refractivity contribution in [1.82, 2.24) is 9.80 Å². The molecule has 2 aromatic carbocycles. The molecule has 0 bridgehead atoms. The van der Waals surface area contributed by atoms with E-state index >= 15 is 0 Å². The van der Waals surface area contributed by atoms with Gasteiger partial charge in [-0.05, 0) is 54.3 Å². The van der Waals surface area contributed by atoms with Crippen molar-refractivity contribution in [3.8, 4) is 5.75 Å². The Bertz CT molecular complexity index is 1060. The van der Waals surface area contributed by atoms with Crippen molar-refractivity contribution < 1.29 is 14.3 Å². The number of hydrogen-bond donors (Lipinski definition) is 0. The number of thiophene rings is 1. The van der Waals surface area contributed by atoms with Crippen molar-refractivity contribution in [3.63, 3.8) is 0 Å². The van der Waals surface area contributed by atoms with Gasteiger partial charge in [0.2, 0.25) is 0 Å². The number of amides is 2. The lowest BCUT2D eigenvalue weighted by atomic mass is 9.84. The first-order valence-electron chi connectivity index (χ1n) is 11.3. The first-order valence-corrected chi connectivity index (χ1v) is 12.3. The lowest BCUT2D eigenvalue weighted by molar-refractivity contribution is 0.0521. The molecule has 1 saturated heterocycles. The molecule has 0 unspecified atom stereocenters.